The summed E-state index contributed by atoms with van der Waals surface area (Å²) in [6.45, 7) is 3.26. The first-order valence-corrected chi connectivity index (χ1v) is 5.52. The number of hydrogen-bond donors (Lipinski definition) is 1. The topological polar surface area (TPSA) is 55.0 Å². The number of nitrogens with two attached hydrogens (primary N) is 1. The van der Waals surface area contributed by atoms with E-state index in [0.717, 1.165) is 16.8 Å². The molecule has 5 heteroatoms. The highest BCUT2D eigenvalue weighted by Gasteiger charge is 2.24. The zero-order chi connectivity index (χ0) is 10.1. The molecule has 0 saturated carbocycles. The molecule has 1 aliphatic heterocycles. The lowest BCUT2D eigenvalue weighted by molar-refractivity contribution is 0.725. The van der Waals surface area contributed by atoms with Gasteiger partial charge in [-0.15, -0.1) is 0 Å². The summed E-state index contributed by atoms with van der Waals surface area (Å²) in [5.74, 6) is 1.43. The van der Waals surface area contributed by atoms with Gasteiger partial charge in [-0.2, -0.15) is 0 Å². The molecule has 1 aliphatic rings. The summed E-state index contributed by atoms with van der Waals surface area (Å²) in [6.07, 6.45) is 3.95. The van der Waals surface area contributed by atoms with Gasteiger partial charge in [-0.3, -0.25) is 0 Å². The van der Waals surface area contributed by atoms with Crippen molar-refractivity contribution >= 4 is 27.6 Å². The Morgan fingerprint density at radius 2 is 2.36 bits per heavy atom. The Labute approximate surface area is 91.7 Å². The Morgan fingerprint density at radius 1 is 1.57 bits per heavy atom. The van der Waals surface area contributed by atoms with Crippen molar-refractivity contribution in [1.82, 2.24) is 9.97 Å². The lowest BCUT2D eigenvalue weighted by atomic mass is 10.2. The van der Waals surface area contributed by atoms with Crippen molar-refractivity contribution in [1.29, 1.82) is 0 Å². The fraction of sp³-hybridized carbons (Fsp3) is 0.556. The maximum absolute atomic E-state index is 5.71. The van der Waals surface area contributed by atoms with Crippen LogP contribution in [-0.2, 0) is 0 Å². The molecule has 0 radical (unpaired) electrons. The maximum atomic E-state index is 5.71. The van der Waals surface area contributed by atoms with E-state index in [1.807, 2.05) is 0 Å². The van der Waals surface area contributed by atoms with Gasteiger partial charge in [0.1, 0.15) is 22.4 Å². The van der Waals surface area contributed by atoms with Crippen molar-refractivity contribution in [2.75, 3.05) is 17.2 Å². The first-order valence-electron chi connectivity index (χ1n) is 4.72. The normalized spacial score (nSPS) is 21.6. The van der Waals surface area contributed by atoms with E-state index in [1.54, 1.807) is 0 Å². The lowest BCUT2D eigenvalue weighted by Gasteiger charge is -2.23. The van der Waals surface area contributed by atoms with Crippen LogP contribution in [0.15, 0.2) is 10.8 Å². The fourth-order valence-corrected chi connectivity index (χ4v) is 2.25. The van der Waals surface area contributed by atoms with Crippen LogP contribution in [0.5, 0.6) is 0 Å². The third kappa shape index (κ3) is 1.56. The van der Waals surface area contributed by atoms with Gasteiger partial charge in [0.25, 0.3) is 0 Å². The molecular weight excluding hydrogens is 244 g/mol. The smallest absolute Gasteiger partial charge is 0.148 e. The molecule has 1 unspecified atom stereocenters. The van der Waals surface area contributed by atoms with Crippen molar-refractivity contribution in [2.45, 2.75) is 25.8 Å². The summed E-state index contributed by atoms with van der Waals surface area (Å²) in [4.78, 5) is 10.5. The highest BCUT2D eigenvalue weighted by atomic mass is 79.9. The Morgan fingerprint density at radius 3 is 3.00 bits per heavy atom. The maximum Gasteiger partial charge on any atom is 0.148 e. The second-order valence-corrected chi connectivity index (χ2v) is 4.37. The van der Waals surface area contributed by atoms with Gasteiger partial charge in [0.15, 0.2) is 0 Å². The Balaban J connectivity index is 2.36. The molecule has 0 aliphatic carbocycles. The number of rotatable bonds is 1. The minimum Gasteiger partial charge on any atom is -0.383 e. The Kier molecular flexibility index (Phi) is 2.58. The molecule has 1 saturated heterocycles. The van der Waals surface area contributed by atoms with Gasteiger partial charge in [0.05, 0.1) is 0 Å². The van der Waals surface area contributed by atoms with E-state index in [4.69, 9.17) is 5.73 Å². The van der Waals surface area contributed by atoms with E-state index < -0.39 is 0 Å². The van der Waals surface area contributed by atoms with Crippen molar-refractivity contribution in [3.05, 3.63) is 10.8 Å². The van der Waals surface area contributed by atoms with Crippen LogP contribution in [0.2, 0.25) is 0 Å². The van der Waals surface area contributed by atoms with Crippen LogP contribution >= 0.6 is 15.9 Å². The first kappa shape index (κ1) is 9.71. The Hall–Kier alpha value is -0.840. The van der Waals surface area contributed by atoms with Gasteiger partial charge in [-0.1, -0.05) is 0 Å². The van der Waals surface area contributed by atoms with E-state index >= 15 is 0 Å². The van der Waals surface area contributed by atoms with Gasteiger partial charge in [-0.05, 0) is 35.7 Å². The second-order valence-electron chi connectivity index (χ2n) is 3.58. The molecule has 1 aromatic heterocycles. The zero-order valence-electron chi connectivity index (χ0n) is 8.07. The number of halogens is 1. The highest BCUT2D eigenvalue weighted by molar-refractivity contribution is 9.10. The van der Waals surface area contributed by atoms with Crippen LogP contribution in [0, 0.1) is 0 Å². The SMILES string of the molecule is CC1CCCN1c1ncnc(N)c1Br. The average Bonchev–Trinajstić information content (AvgIpc) is 2.57. The summed E-state index contributed by atoms with van der Waals surface area (Å²) in [6, 6.07) is 0.542. The molecule has 1 fully saturated rings. The minimum atomic E-state index is 0.508. The largest absolute Gasteiger partial charge is 0.383 e. The van der Waals surface area contributed by atoms with Crippen LogP contribution < -0.4 is 10.6 Å². The number of anilines is 2. The average molecular weight is 257 g/mol. The van der Waals surface area contributed by atoms with Crippen LogP contribution in [0.4, 0.5) is 11.6 Å². The van der Waals surface area contributed by atoms with Gasteiger partial charge in [0.2, 0.25) is 0 Å². The molecule has 0 spiro atoms. The Bertz CT molecular complexity index is 342. The summed E-state index contributed by atoms with van der Waals surface area (Å²) < 4.78 is 0.814. The van der Waals surface area contributed by atoms with Crippen molar-refractivity contribution in [3.63, 3.8) is 0 Å². The molecule has 2 rings (SSSR count). The number of nitrogens with zero attached hydrogens (tertiary/aromatic N) is 3. The highest BCUT2D eigenvalue weighted by Crippen LogP contribution is 2.32. The van der Waals surface area contributed by atoms with Crippen molar-refractivity contribution in [3.8, 4) is 0 Å². The molecule has 0 amide bonds. The van der Waals surface area contributed by atoms with E-state index in [1.165, 1.54) is 19.2 Å². The molecule has 76 valence electrons. The minimum absolute atomic E-state index is 0.508. The van der Waals surface area contributed by atoms with E-state index in [-0.39, 0.29) is 0 Å². The van der Waals surface area contributed by atoms with Gasteiger partial charge >= 0.3 is 0 Å². The molecule has 1 atom stereocenters. The van der Waals surface area contributed by atoms with E-state index in [0.29, 0.717) is 11.9 Å². The second kappa shape index (κ2) is 3.73. The van der Waals surface area contributed by atoms with Crippen LogP contribution in [0.1, 0.15) is 19.8 Å². The van der Waals surface area contributed by atoms with Gasteiger partial charge in [0, 0.05) is 12.6 Å². The quantitative estimate of drug-likeness (QED) is 0.833. The van der Waals surface area contributed by atoms with Gasteiger partial charge < -0.3 is 10.6 Å². The molecule has 2 N–H and O–H groups in total. The molecule has 4 nitrogen and oxygen atoms in total. The molecule has 14 heavy (non-hydrogen) atoms. The predicted molar refractivity (Wildman–Crippen MR) is 60.2 cm³/mol. The van der Waals surface area contributed by atoms with Crippen LogP contribution in [0.25, 0.3) is 0 Å². The summed E-state index contributed by atoms with van der Waals surface area (Å²) in [5.41, 5.74) is 5.71. The van der Waals surface area contributed by atoms with E-state index in [2.05, 4.69) is 37.7 Å². The fourth-order valence-electron chi connectivity index (χ4n) is 1.82. The standard InChI is InChI=1S/C9H13BrN4/c1-6-3-2-4-14(6)9-7(10)8(11)12-5-13-9/h5-6H,2-4H2,1H3,(H2,11,12,13). The molecule has 2 heterocycles. The molecule has 0 bridgehead atoms. The lowest BCUT2D eigenvalue weighted by Crippen LogP contribution is -2.27. The molecular formula is C9H13BrN4. The monoisotopic (exact) mass is 256 g/mol. The summed E-state index contributed by atoms with van der Waals surface area (Å²) in [5, 5.41) is 0. The molecule has 1 aromatic rings. The van der Waals surface area contributed by atoms with Crippen molar-refractivity contribution in [2.24, 2.45) is 0 Å². The number of hydrogen-bond acceptors (Lipinski definition) is 4. The summed E-state index contributed by atoms with van der Waals surface area (Å²) >= 11 is 3.43. The van der Waals surface area contributed by atoms with Crippen LogP contribution in [0.3, 0.4) is 0 Å². The third-order valence-electron chi connectivity index (χ3n) is 2.62. The van der Waals surface area contributed by atoms with Crippen LogP contribution in [-0.4, -0.2) is 22.6 Å². The van der Waals surface area contributed by atoms with Crippen molar-refractivity contribution < 1.29 is 0 Å². The number of nitrogen functional groups attached to an aromatic ring is 1. The predicted octanol–water partition coefficient (Wildman–Crippen LogP) is 1.81. The third-order valence-corrected chi connectivity index (χ3v) is 3.38. The van der Waals surface area contributed by atoms with E-state index in [9.17, 15) is 0 Å². The molecule has 0 aromatic carbocycles. The summed E-state index contributed by atoms with van der Waals surface area (Å²) in [7, 11) is 0. The zero-order valence-corrected chi connectivity index (χ0v) is 9.66. The number of aromatic nitrogens is 2. The van der Waals surface area contributed by atoms with Gasteiger partial charge in [-0.25, -0.2) is 9.97 Å². The first-order chi connectivity index (χ1) is 6.70.